The van der Waals surface area contributed by atoms with Gasteiger partial charge in [0.15, 0.2) is 0 Å². The number of carboxylic acids is 1. The fraction of sp³-hybridized carbons (Fsp3) is 0.222. The molecule has 0 fully saturated rings. The third-order valence-corrected chi connectivity index (χ3v) is 1.99. The molecule has 1 aromatic carbocycles. The highest BCUT2D eigenvalue weighted by Gasteiger charge is 2.10. The molecule has 0 spiro atoms. The SMILES string of the molecule is NC[C@H](N)c1ccc(C(=O)O)c(N)c1. The van der Waals surface area contributed by atoms with Gasteiger partial charge in [0.25, 0.3) is 0 Å². The first kappa shape index (κ1) is 10.5. The van der Waals surface area contributed by atoms with Crippen LogP contribution in [0.25, 0.3) is 0 Å². The Bertz CT molecular complexity index is 352. The van der Waals surface area contributed by atoms with E-state index in [0.29, 0.717) is 6.54 Å². The summed E-state index contributed by atoms with van der Waals surface area (Å²) >= 11 is 0. The zero-order valence-corrected chi connectivity index (χ0v) is 7.60. The fourth-order valence-corrected chi connectivity index (χ4v) is 1.14. The summed E-state index contributed by atoms with van der Waals surface area (Å²) in [4.78, 5) is 10.6. The van der Waals surface area contributed by atoms with E-state index in [1.54, 1.807) is 12.1 Å². The van der Waals surface area contributed by atoms with Crippen LogP contribution in [-0.4, -0.2) is 17.6 Å². The molecule has 1 rings (SSSR count). The van der Waals surface area contributed by atoms with Crippen molar-refractivity contribution in [3.05, 3.63) is 29.3 Å². The summed E-state index contributed by atoms with van der Waals surface area (Å²) in [7, 11) is 0. The van der Waals surface area contributed by atoms with Gasteiger partial charge in [-0.15, -0.1) is 0 Å². The number of aromatic carboxylic acids is 1. The molecule has 0 unspecified atom stereocenters. The monoisotopic (exact) mass is 195 g/mol. The average Bonchev–Trinajstić information content (AvgIpc) is 2.15. The molecule has 5 nitrogen and oxygen atoms in total. The molecule has 0 bridgehead atoms. The molecule has 0 saturated heterocycles. The van der Waals surface area contributed by atoms with E-state index in [4.69, 9.17) is 22.3 Å². The fourth-order valence-electron chi connectivity index (χ4n) is 1.14. The van der Waals surface area contributed by atoms with Crippen molar-refractivity contribution in [2.45, 2.75) is 6.04 Å². The van der Waals surface area contributed by atoms with Crippen LogP contribution in [0.1, 0.15) is 22.0 Å². The van der Waals surface area contributed by atoms with E-state index in [1.165, 1.54) is 6.07 Å². The Morgan fingerprint density at radius 3 is 2.57 bits per heavy atom. The lowest BCUT2D eigenvalue weighted by molar-refractivity contribution is 0.0698. The van der Waals surface area contributed by atoms with E-state index < -0.39 is 5.97 Å². The molecule has 7 N–H and O–H groups in total. The first-order valence-electron chi connectivity index (χ1n) is 4.14. The Morgan fingerprint density at radius 1 is 1.50 bits per heavy atom. The van der Waals surface area contributed by atoms with Gasteiger partial charge < -0.3 is 22.3 Å². The second-order valence-corrected chi connectivity index (χ2v) is 2.99. The number of hydrogen-bond acceptors (Lipinski definition) is 4. The highest BCUT2D eigenvalue weighted by Crippen LogP contribution is 2.17. The van der Waals surface area contributed by atoms with Crippen LogP contribution in [0, 0.1) is 0 Å². The van der Waals surface area contributed by atoms with Gasteiger partial charge in [0.1, 0.15) is 0 Å². The zero-order valence-electron chi connectivity index (χ0n) is 7.60. The number of anilines is 1. The third-order valence-electron chi connectivity index (χ3n) is 1.99. The molecule has 1 aromatic rings. The standard InChI is InChI=1S/C9H13N3O2/c10-4-8(12)5-1-2-6(9(13)14)7(11)3-5/h1-3,8H,4,10-12H2,(H,13,14)/t8-/m0/s1. The van der Waals surface area contributed by atoms with Crippen LogP contribution >= 0.6 is 0 Å². The number of nitrogens with two attached hydrogens (primary N) is 3. The van der Waals surface area contributed by atoms with Gasteiger partial charge in [-0.3, -0.25) is 0 Å². The van der Waals surface area contributed by atoms with Gasteiger partial charge >= 0.3 is 5.97 Å². The molecule has 0 heterocycles. The van der Waals surface area contributed by atoms with E-state index in [-0.39, 0.29) is 17.3 Å². The molecule has 0 aromatic heterocycles. The molecule has 76 valence electrons. The molecule has 0 aliphatic carbocycles. The van der Waals surface area contributed by atoms with Crippen LogP contribution in [0.15, 0.2) is 18.2 Å². The molecule has 0 aliphatic rings. The van der Waals surface area contributed by atoms with Crippen molar-refractivity contribution in [1.82, 2.24) is 0 Å². The predicted molar refractivity (Wildman–Crippen MR) is 53.8 cm³/mol. The number of benzene rings is 1. The highest BCUT2D eigenvalue weighted by molar-refractivity contribution is 5.93. The van der Waals surface area contributed by atoms with Crippen molar-refractivity contribution in [2.24, 2.45) is 11.5 Å². The second kappa shape index (κ2) is 4.08. The molecule has 0 amide bonds. The van der Waals surface area contributed by atoms with Crippen LogP contribution < -0.4 is 17.2 Å². The minimum Gasteiger partial charge on any atom is -0.478 e. The number of rotatable bonds is 3. The number of nitrogen functional groups attached to an aromatic ring is 1. The van der Waals surface area contributed by atoms with Crippen molar-refractivity contribution >= 4 is 11.7 Å². The van der Waals surface area contributed by atoms with Gasteiger partial charge in [0.2, 0.25) is 0 Å². The van der Waals surface area contributed by atoms with Crippen molar-refractivity contribution in [3.63, 3.8) is 0 Å². The van der Waals surface area contributed by atoms with Gasteiger partial charge in [-0.2, -0.15) is 0 Å². The summed E-state index contributed by atoms with van der Waals surface area (Å²) in [6, 6.07) is 4.29. The molecule has 0 radical (unpaired) electrons. The number of carbonyl (C=O) groups is 1. The lowest BCUT2D eigenvalue weighted by atomic mass is 10.0. The molecular formula is C9H13N3O2. The molecule has 0 saturated carbocycles. The Labute approximate surface area is 81.5 Å². The second-order valence-electron chi connectivity index (χ2n) is 2.99. The van der Waals surface area contributed by atoms with Crippen LogP contribution in [-0.2, 0) is 0 Å². The van der Waals surface area contributed by atoms with E-state index in [0.717, 1.165) is 5.56 Å². The van der Waals surface area contributed by atoms with Gasteiger partial charge in [-0.05, 0) is 17.7 Å². The van der Waals surface area contributed by atoms with E-state index in [1.807, 2.05) is 0 Å². The summed E-state index contributed by atoms with van der Waals surface area (Å²) in [6.45, 7) is 0.297. The zero-order chi connectivity index (χ0) is 10.7. The minimum absolute atomic E-state index is 0.0815. The Balaban J connectivity index is 3.06. The number of carboxylic acid groups (broad SMARTS) is 1. The largest absolute Gasteiger partial charge is 0.478 e. The Kier molecular flexibility index (Phi) is 3.06. The van der Waals surface area contributed by atoms with E-state index >= 15 is 0 Å². The molecule has 0 aliphatic heterocycles. The summed E-state index contributed by atoms with van der Waals surface area (Å²) in [5.41, 5.74) is 17.6. The average molecular weight is 195 g/mol. The predicted octanol–water partition coefficient (Wildman–Crippen LogP) is -0.0745. The van der Waals surface area contributed by atoms with E-state index in [9.17, 15) is 4.79 Å². The van der Waals surface area contributed by atoms with Gasteiger partial charge in [-0.1, -0.05) is 6.07 Å². The first-order valence-corrected chi connectivity index (χ1v) is 4.14. The minimum atomic E-state index is -1.05. The maximum atomic E-state index is 10.6. The number of hydrogen-bond donors (Lipinski definition) is 4. The summed E-state index contributed by atoms with van der Waals surface area (Å²) in [5.74, 6) is -1.05. The summed E-state index contributed by atoms with van der Waals surface area (Å²) < 4.78 is 0. The van der Waals surface area contributed by atoms with Crippen molar-refractivity contribution in [2.75, 3.05) is 12.3 Å². The van der Waals surface area contributed by atoms with Crippen molar-refractivity contribution in [3.8, 4) is 0 Å². The molecular weight excluding hydrogens is 182 g/mol. The van der Waals surface area contributed by atoms with Crippen molar-refractivity contribution in [1.29, 1.82) is 0 Å². The summed E-state index contributed by atoms with van der Waals surface area (Å²) in [5, 5.41) is 8.72. The molecule has 1 atom stereocenters. The first-order chi connectivity index (χ1) is 6.56. The normalized spacial score (nSPS) is 12.4. The maximum absolute atomic E-state index is 10.6. The van der Waals surface area contributed by atoms with Gasteiger partial charge in [-0.25, -0.2) is 4.79 Å². The summed E-state index contributed by atoms with van der Waals surface area (Å²) in [6.07, 6.45) is 0. The molecule has 5 heteroatoms. The van der Waals surface area contributed by atoms with Crippen LogP contribution in [0.2, 0.25) is 0 Å². The topological polar surface area (TPSA) is 115 Å². The Hall–Kier alpha value is -1.59. The Morgan fingerprint density at radius 2 is 2.14 bits per heavy atom. The van der Waals surface area contributed by atoms with Crippen LogP contribution in [0.4, 0.5) is 5.69 Å². The van der Waals surface area contributed by atoms with E-state index in [2.05, 4.69) is 0 Å². The maximum Gasteiger partial charge on any atom is 0.337 e. The lowest BCUT2D eigenvalue weighted by Gasteiger charge is -2.10. The quantitative estimate of drug-likeness (QED) is 0.504. The lowest BCUT2D eigenvalue weighted by Crippen LogP contribution is -2.21. The third kappa shape index (κ3) is 2.01. The molecule has 14 heavy (non-hydrogen) atoms. The van der Waals surface area contributed by atoms with Crippen LogP contribution in [0.3, 0.4) is 0 Å². The van der Waals surface area contributed by atoms with Crippen molar-refractivity contribution < 1.29 is 9.90 Å². The smallest absolute Gasteiger partial charge is 0.337 e. The highest BCUT2D eigenvalue weighted by atomic mass is 16.4. The van der Waals surface area contributed by atoms with Gasteiger partial charge in [0.05, 0.1) is 5.56 Å². The van der Waals surface area contributed by atoms with Gasteiger partial charge in [0, 0.05) is 18.3 Å². The van der Waals surface area contributed by atoms with Crippen LogP contribution in [0.5, 0.6) is 0 Å².